The number of hydrogen-bond donors (Lipinski definition) is 2. The predicted octanol–water partition coefficient (Wildman–Crippen LogP) is 1.60. The van der Waals surface area contributed by atoms with Crippen molar-refractivity contribution < 1.29 is 4.79 Å². The Hall–Kier alpha value is -1.36. The molecule has 1 heterocycles. The lowest BCUT2D eigenvalue weighted by Crippen LogP contribution is -2.25. The first-order valence-corrected chi connectivity index (χ1v) is 7.52. The average Bonchev–Trinajstić information content (AvgIpc) is 2.65. The van der Waals surface area contributed by atoms with Crippen LogP contribution in [-0.2, 0) is 18.3 Å². The number of aromatic nitrogens is 2. The summed E-state index contributed by atoms with van der Waals surface area (Å²) in [5.41, 5.74) is 8.91. The molecule has 0 aliphatic rings. The second-order valence-corrected chi connectivity index (χ2v) is 5.33. The van der Waals surface area contributed by atoms with Crippen LogP contribution < -0.4 is 11.1 Å². The highest BCUT2D eigenvalue weighted by Crippen LogP contribution is 2.11. The normalized spacial score (nSPS) is 10.8. The molecule has 0 atom stereocenters. The summed E-state index contributed by atoms with van der Waals surface area (Å²) in [5.74, 6) is 0.150. The molecule has 0 fully saturated rings. The summed E-state index contributed by atoms with van der Waals surface area (Å²) in [5, 5.41) is 7.37. The van der Waals surface area contributed by atoms with E-state index < -0.39 is 0 Å². The van der Waals surface area contributed by atoms with Gasteiger partial charge < -0.3 is 11.1 Å². The minimum atomic E-state index is 0.150. The summed E-state index contributed by atoms with van der Waals surface area (Å²) < 4.78 is 1.89. The maximum Gasteiger partial charge on any atom is 0.220 e. The van der Waals surface area contributed by atoms with E-state index in [1.807, 2.05) is 18.7 Å². The number of nitrogens with zero attached hydrogens (tertiary/aromatic N) is 2. The highest BCUT2D eigenvalue weighted by Gasteiger charge is 2.09. The number of aryl methyl sites for hydroxylation is 2. The van der Waals surface area contributed by atoms with Crippen molar-refractivity contribution in [3.8, 4) is 0 Å². The molecule has 0 spiro atoms. The van der Waals surface area contributed by atoms with E-state index >= 15 is 0 Å². The molecular weight excluding hydrogens is 252 g/mol. The minimum Gasteiger partial charge on any atom is -0.356 e. The van der Waals surface area contributed by atoms with Gasteiger partial charge in [-0.3, -0.25) is 9.48 Å². The molecule has 5 nitrogen and oxygen atoms in total. The Labute approximate surface area is 121 Å². The van der Waals surface area contributed by atoms with Crippen LogP contribution in [0.3, 0.4) is 0 Å². The quantitative estimate of drug-likeness (QED) is 0.675. The van der Waals surface area contributed by atoms with Gasteiger partial charge in [0.1, 0.15) is 0 Å². The fraction of sp³-hybridized carbons (Fsp3) is 0.733. The first kappa shape index (κ1) is 16.7. The smallest absolute Gasteiger partial charge is 0.220 e. The highest BCUT2D eigenvalue weighted by molar-refractivity contribution is 5.75. The summed E-state index contributed by atoms with van der Waals surface area (Å²) >= 11 is 0. The number of carbonyl (C=O) groups excluding carboxylic acids is 1. The van der Waals surface area contributed by atoms with E-state index in [2.05, 4.69) is 17.3 Å². The molecule has 0 radical (unpaired) electrons. The fourth-order valence-electron chi connectivity index (χ4n) is 2.38. The van der Waals surface area contributed by atoms with Crippen molar-refractivity contribution in [1.82, 2.24) is 15.1 Å². The van der Waals surface area contributed by atoms with Gasteiger partial charge in [-0.2, -0.15) is 5.10 Å². The number of amides is 1. The highest BCUT2D eigenvalue weighted by atomic mass is 16.1. The summed E-state index contributed by atoms with van der Waals surface area (Å²) in [6.45, 7) is 5.52. The van der Waals surface area contributed by atoms with Crippen LogP contribution in [-0.4, -0.2) is 28.8 Å². The van der Waals surface area contributed by atoms with Gasteiger partial charge in [-0.15, -0.1) is 0 Å². The van der Waals surface area contributed by atoms with Crippen molar-refractivity contribution >= 4 is 5.91 Å². The lowest BCUT2D eigenvalue weighted by molar-refractivity contribution is -0.121. The van der Waals surface area contributed by atoms with Crippen LogP contribution in [0.2, 0.25) is 0 Å². The van der Waals surface area contributed by atoms with Gasteiger partial charge in [0, 0.05) is 25.7 Å². The molecule has 3 N–H and O–H groups in total. The third-order valence-electron chi connectivity index (χ3n) is 3.71. The van der Waals surface area contributed by atoms with E-state index in [4.69, 9.17) is 5.73 Å². The molecule has 0 aliphatic carbocycles. The monoisotopic (exact) mass is 280 g/mol. The SMILES string of the molecule is Cc1nn(C)c(C)c1CCNC(=O)CCCCCCN. The van der Waals surface area contributed by atoms with Gasteiger partial charge in [-0.25, -0.2) is 0 Å². The fourth-order valence-corrected chi connectivity index (χ4v) is 2.38. The lowest BCUT2D eigenvalue weighted by atomic mass is 10.1. The van der Waals surface area contributed by atoms with E-state index in [1.54, 1.807) is 0 Å². The molecule has 1 aromatic heterocycles. The Bertz CT molecular complexity index is 426. The van der Waals surface area contributed by atoms with Crippen LogP contribution in [0.1, 0.15) is 49.1 Å². The van der Waals surface area contributed by atoms with Gasteiger partial charge in [-0.1, -0.05) is 12.8 Å². The molecular formula is C15H28N4O. The second-order valence-electron chi connectivity index (χ2n) is 5.33. The Kier molecular flexibility index (Phi) is 7.30. The van der Waals surface area contributed by atoms with Gasteiger partial charge in [-0.05, 0) is 45.2 Å². The van der Waals surface area contributed by atoms with Crippen LogP contribution in [0.25, 0.3) is 0 Å². The minimum absolute atomic E-state index is 0.150. The first-order chi connectivity index (χ1) is 9.56. The number of nitrogens with two attached hydrogens (primary N) is 1. The van der Waals surface area contributed by atoms with Crippen molar-refractivity contribution in [3.63, 3.8) is 0 Å². The maximum absolute atomic E-state index is 11.7. The Morgan fingerprint density at radius 1 is 1.25 bits per heavy atom. The van der Waals surface area contributed by atoms with Gasteiger partial charge >= 0.3 is 0 Å². The third kappa shape index (κ3) is 5.33. The molecule has 0 unspecified atom stereocenters. The van der Waals surface area contributed by atoms with E-state index in [9.17, 15) is 4.79 Å². The van der Waals surface area contributed by atoms with Gasteiger partial charge in [0.2, 0.25) is 5.91 Å². The molecule has 0 saturated carbocycles. The van der Waals surface area contributed by atoms with Crippen molar-refractivity contribution in [1.29, 1.82) is 0 Å². The zero-order valence-corrected chi connectivity index (χ0v) is 13.0. The van der Waals surface area contributed by atoms with E-state index in [0.29, 0.717) is 13.0 Å². The molecule has 1 rings (SSSR count). The number of rotatable bonds is 9. The molecule has 5 heteroatoms. The summed E-state index contributed by atoms with van der Waals surface area (Å²) in [6.07, 6.45) is 5.70. The molecule has 0 aliphatic heterocycles. The average molecular weight is 280 g/mol. The standard InChI is InChI=1S/C15H28N4O/c1-12-14(13(2)19(3)18-12)9-11-17-15(20)8-6-4-5-7-10-16/h4-11,16H2,1-3H3,(H,17,20). The molecule has 114 valence electrons. The number of hydrogen-bond acceptors (Lipinski definition) is 3. The Morgan fingerprint density at radius 2 is 1.95 bits per heavy atom. The van der Waals surface area contributed by atoms with Crippen molar-refractivity contribution in [3.05, 3.63) is 17.0 Å². The largest absolute Gasteiger partial charge is 0.356 e. The van der Waals surface area contributed by atoms with Crippen molar-refractivity contribution in [2.24, 2.45) is 12.8 Å². The van der Waals surface area contributed by atoms with Gasteiger partial charge in [0.15, 0.2) is 0 Å². The first-order valence-electron chi connectivity index (χ1n) is 7.52. The Morgan fingerprint density at radius 3 is 2.55 bits per heavy atom. The van der Waals surface area contributed by atoms with Crippen LogP contribution >= 0.6 is 0 Å². The van der Waals surface area contributed by atoms with E-state index in [1.165, 1.54) is 11.3 Å². The Balaban J connectivity index is 2.18. The molecule has 0 saturated heterocycles. The van der Waals surface area contributed by atoms with E-state index in [-0.39, 0.29) is 5.91 Å². The van der Waals surface area contributed by atoms with Gasteiger partial charge in [0.25, 0.3) is 0 Å². The van der Waals surface area contributed by atoms with E-state index in [0.717, 1.165) is 44.3 Å². The van der Waals surface area contributed by atoms with Crippen molar-refractivity contribution in [2.45, 2.75) is 52.4 Å². The molecule has 1 aromatic rings. The predicted molar refractivity (Wildman–Crippen MR) is 81.5 cm³/mol. The lowest BCUT2D eigenvalue weighted by Gasteiger charge is -2.06. The zero-order chi connectivity index (χ0) is 15.0. The zero-order valence-electron chi connectivity index (χ0n) is 13.0. The maximum atomic E-state index is 11.7. The topological polar surface area (TPSA) is 72.9 Å². The molecule has 1 amide bonds. The number of unbranched alkanes of at least 4 members (excludes halogenated alkanes) is 3. The van der Waals surface area contributed by atoms with Crippen LogP contribution in [0, 0.1) is 13.8 Å². The number of nitrogens with one attached hydrogen (secondary N) is 1. The third-order valence-corrected chi connectivity index (χ3v) is 3.71. The molecule has 0 bridgehead atoms. The summed E-state index contributed by atoms with van der Waals surface area (Å²) in [7, 11) is 1.95. The van der Waals surface area contributed by atoms with Gasteiger partial charge in [0.05, 0.1) is 5.69 Å². The molecule has 20 heavy (non-hydrogen) atoms. The summed E-state index contributed by atoms with van der Waals surface area (Å²) in [6, 6.07) is 0. The molecule has 0 aromatic carbocycles. The van der Waals surface area contributed by atoms with Crippen LogP contribution in [0.5, 0.6) is 0 Å². The number of carbonyl (C=O) groups is 1. The van der Waals surface area contributed by atoms with Crippen LogP contribution in [0.4, 0.5) is 0 Å². The summed E-state index contributed by atoms with van der Waals surface area (Å²) in [4.78, 5) is 11.7. The van der Waals surface area contributed by atoms with Crippen LogP contribution in [0.15, 0.2) is 0 Å². The van der Waals surface area contributed by atoms with Crippen molar-refractivity contribution in [2.75, 3.05) is 13.1 Å². The second kappa shape index (κ2) is 8.74.